The van der Waals surface area contributed by atoms with Crippen molar-refractivity contribution in [3.05, 3.63) is 47.5 Å². The molecule has 2 rings (SSSR count). The van der Waals surface area contributed by atoms with Crippen molar-refractivity contribution < 1.29 is 19.7 Å². The van der Waals surface area contributed by atoms with Crippen LogP contribution in [-0.4, -0.2) is 49.9 Å². The highest BCUT2D eigenvalue weighted by Gasteiger charge is 2.05. The lowest BCUT2D eigenvalue weighted by atomic mass is 9.97. The maximum atomic E-state index is 8.74. The third-order valence-corrected chi connectivity index (χ3v) is 3.61. The van der Waals surface area contributed by atoms with Crippen molar-refractivity contribution in [1.82, 2.24) is 0 Å². The zero-order valence-electron chi connectivity index (χ0n) is 12.8. The molecule has 0 bridgehead atoms. The molecule has 0 heterocycles. The van der Waals surface area contributed by atoms with Crippen molar-refractivity contribution in [1.29, 1.82) is 0 Å². The molecule has 0 saturated heterocycles. The fourth-order valence-corrected chi connectivity index (χ4v) is 2.57. The Morgan fingerprint density at radius 2 is 1.09 bits per heavy atom. The van der Waals surface area contributed by atoms with E-state index in [1.807, 2.05) is 0 Å². The van der Waals surface area contributed by atoms with Crippen LogP contribution in [0, 0.1) is 0 Å². The number of hydrogen-bond acceptors (Lipinski definition) is 4. The highest BCUT2D eigenvalue weighted by atomic mass is 16.5. The molecule has 2 aromatic rings. The first-order chi connectivity index (χ1) is 10.9. The fourth-order valence-electron chi connectivity index (χ4n) is 2.57. The summed E-state index contributed by atoms with van der Waals surface area (Å²) in [5.74, 6) is 0. The Kier molecular flexibility index (Phi) is 7.33. The van der Waals surface area contributed by atoms with E-state index in [0.29, 0.717) is 26.4 Å². The maximum absolute atomic E-state index is 8.74. The molecule has 0 aliphatic rings. The summed E-state index contributed by atoms with van der Waals surface area (Å²) in [5.41, 5.74) is 2.52. The number of benzene rings is 2. The van der Waals surface area contributed by atoms with Gasteiger partial charge in [-0.15, -0.1) is 0 Å². The molecule has 0 aromatic heterocycles. The molecule has 0 unspecified atom stereocenters. The van der Waals surface area contributed by atoms with E-state index >= 15 is 0 Å². The first-order valence-corrected chi connectivity index (χ1v) is 7.73. The highest BCUT2D eigenvalue weighted by Crippen LogP contribution is 2.23. The van der Waals surface area contributed by atoms with Crippen molar-refractivity contribution in [2.45, 2.75) is 12.8 Å². The minimum atomic E-state index is 0.0630. The van der Waals surface area contributed by atoms with Gasteiger partial charge in [0.2, 0.25) is 0 Å². The van der Waals surface area contributed by atoms with Crippen LogP contribution in [-0.2, 0) is 22.3 Å². The molecule has 0 aliphatic heterocycles. The van der Waals surface area contributed by atoms with Gasteiger partial charge >= 0.3 is 0 Å². The molecule has 0 fully saturated rings. The molecule has 0 aliphatic carbocycles. The third kappa shape index (κ3) is 4.78. The Bertz CT molecular complexity index is 517. The molecule has 2 N–H and O–H groups in total. The van der Waals surface area contributed by atoms with Gasteiger partial charge in [-0.2, -0.15) is 0 Å². The minimum absolute atomic E-state index is 0.0630. The SMILES string of the molecule is OCCOCCc1cccc2c(CCOCCO)cccc12. The average molecular weight is 304 g/mol. The van der Waals surface area contributed by atoms with Crippen molar-refractivity contribution >= 4 is 10.8 Å². The third-order valence-electron chi connectivity index (χ3n) is 3.61. The van der Waals surface area contributed by atoms with Gasteiger partial charge in [0.1, 0.15) is 0 Å². The van der Waals surface area contributed by atoms with Crippen molar-refractivity contribution in [2.75, 3.05) is 39.6 Å². The Labute approximate surface area is 131 Å². The Balaban J connectivity index is 2.08. The van der Waals surface area contributed by atoms with Crippen LogP contribution in [0.2, 0.25) is 0 Å². The van der Waals surface area contributed by atoms with E-state index < -0.39 is 0 Å². The van der Waals surface area contributed by atoms with Gasteiger partial charge in [0.05, 0.1) is 39.6 Å². The van der Waals surface area contributed by atoms with Crippen LogP contribution in [0.5, 0.6) is 0 Å². The quantitative estimate of drug-likeness (QED) is 0.659. The lowest BCUT2D eigenvalue weighted by molar-refractivity contribution is 0.0944. The molecule has 0 radical (unpaired) electrons. The largest absolute Gasteiger partial charge is 0.394 e. The second-order valence-electron chi connectivity index (χ2n) is 5.10. The van der Waals surface area contributed by atoms with E-state index in [1.165, 1.54) is 21.9 Å². The first-order valence-electron chi connectivity index (χ1n) is 7.73. The standard InChI is InChI=1S/C18H24O4/c19-9-13-21-11-7-15-3-1-5-17-16(4-2-6-18(15)17)8-12-22-14-10-20/h1-6,19-20H,7-14H2. The zero-order valence-corrected chi connectivity index (χ0v) is 12.8. The van der Waals surface area contributed by atoms with Gasteiger partial charge in [-0.3, -0.25) is 0 Å². The number of aliphatic hydroxyl groups is 2. The monoisotopic (exact) mass is 304 g/mol. The van der Waals surface area contributed by atoms with Gasteiger partial charge < -0.3 is 19.7 Å². The summed E-state index contributed by atoms with van der Waals surface area (Å²) in [4.78, 5) is 0. The summed E-state index contributed by atoms with van der Waals surface area (Å²) in [5, 5.41) is 20.0. The van der Waals surface area contributed by atoms with Crippen molar-refractivity contribution in [3.63, 3.8) is 0 Å². The predicted octanol–water partition coefficient (Wildman–Crippen LogP) is 1.94. The number of fused-ring (bicyclic) bond motifs is 1. The summed E-state index contributed by atoms with van der Waals surface area (Å²) >= 11 is 0. The lowest BCUT2D eigenvalue weighted by Gasteiger charge is -2.11. The van der Waals surface area contributed by atoms with Gasteiger partial charge in [0, 0.05) is 0 Å². The predicted molar refractivity (Wildman–Crippen MR) is 87.2 cm³/mol. The van der Waals surface area contributed by atoms with Gasteiger partial charge in [0.25, 0.3) is 0 Å². The summed E-state index contributed by atoms with van der Waals surface area (Å²) in [6, 6.07) is 12.7. The van der Waals surface area contributed by atoms with E-state index in [-0.39, 0.29) is 13.2 Å². The second-order valence-corrected chi connectivity index (χ2v) is 5.10. The van der Waals surface area contributed by atoms with Gasteiger partial charge in [-0.25, -0.2) is 0 Å². The number of hydrogen-bond donors (Lipinski definition) is 2. The molecular formula is C18H24O4. The van der Waals surface area contributed by atoms with Gasteiger partial charge in [0.15, 0.2) is 0 Å². The van der Waals surface area contributed by atoms with Crippen LogP contribution in [0.4, 0.5) is 0 Å². The first kappa shape index (κ1) is 16.9. The second kappa shape index (κ2) is 9.54. The number of aliphatic hydroxyl groups excluding tert-OH is 2. The number of rotatable bonds is 10. The highest BCUT2D eigenvalue weighted by molar-refractivity contribution is 5.88. The van der Waals surface area contributed by atoms with Crippen LogP contribution in [0.25, 0.3) is 10.8 Å². The summed E-state index contributed by atoms with van der Waals surface area (Å²) < 4.78 is 10.7. The summed E-state index contributed by atoms with van der Waals surface area (Å²) in [7, 11) is 0. The fraction of sp³-hybridized carbons (Fsp3) is 0.444. The van der Waals surface area contributed by atoms with E-state index in [4.69, 9.17) is 19.7 Å². The Hall–Kier alpha value is -1.46. The zero-order chi connectivity index (χ0) is 15.6. The smallest absolute Gasteiger partial charge is 0.0697 e. The van der Waals surface area contributed by atoms with E-state index in [1.54, 1.807) is 0 Å². The minimum Gasteiger partial charge on any atom is -0.394 e. The molecule has 120 valence electrons. The van der Waals surface area contributed by atoms with Crippen LogP contribution in [0.3, 0.4) is 0 Å². The molecule has 4 nitrogen and oxygen atoms in total. The van der Waals surface area contributed by atoms with Crippen LogP contribution < -0.4 is 0 Å². The van der Waals surface area contributed by atoms with Crippen LogP contribution >= 0.6 is 0 Å². The topological polar surface area (TPSA) is 58.9 Å². The van der Waals surface area contributed by atoms with Crippen LogP contribution in [0.1, 0.15) is 11.1 Å². The molecule has 2 aromatic carbocycles. The molecule has 22 heavy (non-hydrogen) atoms. The normalized spacial score (nSPS) is 11.2. The number of ether oxygens (including phenoxy) is 2. The Morgan fingerprint density at radius 3 is 1.50 bits per heavy atom. The average Bonchev–Trinajstić information content (AvgIpc) is 2.56. The van der Waals surface area contributed by atoms with E-state index in [2.05, 4.69) is 36.4 Å². The van der Waals surface area contributed by atoms with E-state index in [0.717, 1.165) is 12.8 Å². The van der Waals surface area contributed by atoms with Crippen LogP contribution in [0.15, 0.2) is 36.4 Å². The summed E-state index contributed by atoms with van der Waals surface area (Å²) in [6.07, 6.45) is 1.67. The van der Waals surface area contributed by atoms with Gasteiger partial charge in [-0.1, -0.05) is 36.4 Å². The van der Waals surface area contributed by atoms with E-state index in [9.17, 15) is 0 Å². The molecule has 0 saturated carbocycles. The van der Waals surface area contributed by atoms with Gasteiger partial charge in [-0.05, 0) is 34.7 Å². The Morgan fingerprint density at radius 1 is 0.636 bits per heavy atom. The lowest BCUT2D eigenvalue weighted by Crippen LogP contribution is -2.05. The molecule has 0 spiro atoms. The molecule has 0 amide bonds. The summed E-state index contributed by atoms with van der Waals surface area (Å²) in [6.45, 7) is 2.13. The van der Waals surface area contributed by atoms with Crippen molar-refractivity contribution in [2.24, 2.45) is 0 Å². The molecular weight excluding hydrogens is 280 g/mol. The van der Waals surface area contributed by atoms with Crippen molar-refractivity contribution in [3.8, 4) is 0 Å². The molecule has 0 atom stereocenters. The molecule has 4 heteroatoms. The maximum Gasteiger partial charge on any atom is 0.0697 e.